The summed E-state index contributed by atoms with van der Waals surface area (Å²) in [5, 5.41) is 3.23. The number of hydrogen-bond donors (Lipinski definition) is 1. The molecule has 0 aliphatic heterocycles. The number of halogens is 1. The first kappa shape index (κ1) is 13.5. The first-order valence-electron chi connectivity index (χ1n) is 6.40. The van der Waals surface area contributed by atoms with Crippen molar-refractivity contribution in [2.45, 2.75) is 26.3 Å². The minimum Gasteiger partial charge on any atom is -0.491 e. The molecule has 0 bridgehead atoms. The molecular weight excluding hydrogens is 245 g/mol. The lowest BCUT2D eigenvalue weighted by atomic mass is 10.2. The van der Waals surface area contributed by atoms with Crippen molar-refractivity contribution < 1.29 is 13.5 Å². The van der Waals surface area contributed by atoms with Crippen molar-refractivity contribution in [1.29, 1.82) is 0 Å². The fourth-order valence-electron chi connectivity index (χ4n) is 1.93. The molecular formula is C15H18FNO2. The quantitative estimate of drug-likeness (QED) is 0.859. The highest BCUT2D eigenvalue weighted by Gasteiger charge is 2.08. The molecule has 1 N–H and O–H groups in total. The Labute approximate surface area is 112 Å². The Balaban J connectivity index is 1.97. The number of rotatable bonds is 6. The summed E-state index contributed by atoms with van der Waals surface area (Å²) in [7, 11) is 0. The summed E-state index contributed by atoms with van der Waals surface area (Å²) in [6.45, 7) is 4.31. The predicted octanol–water partition coefficient (Wildman–Crippen LogP) is 3.86. The van der Waals surface area contributed by atoms with Crippen molar-refractivity contribution in [2.75, 3.05) is 11.9 Å². The average molecular weight is 263 g/mol. The van der Waals surface area contributed by atoms with Crippen LogP contribution in [0.25, 0.3) is 0 Å². The maximum Gasteiger partial charge on any atom is 0.167 e. The third kappa shape index (κ3) is 3.74. The molecule has 4 heteroatoms. The Morgan fingerprint density at radius 1 is 1.37 bits per heavy atom. The summed E-state index contributed by atoms with van der Waals surface area (Å²) in [4.78, 5) is 0. The van der Waals surface area contributed by atoms with Gasteiger partial charge in [-0.2, -0.15) is 0 Å². The Kier molecular flexibility index (Phi) is 4.44. The average Bonchev–Trinajstić information content (AvgIpc) is 2.85. The minimum absolute atomic E-state index is 0.156. The number of ether oxygens (including phenoxy) is 1. The maximum absolute atomic E-state index is 13.7. The Morgan fingerprint density at radius 3 is 2.84 bits per heavy atom. The van der Waals surface area contributed by atoms with E-state index < -0.39 is 0 Å². The zero-order chi connectivity index (χ0) is 13.7. The van der Waals surface area contributed by atoms with Gasteiger partial charge < -0.3 is 14.5 Å². The van der Waals surface area contributed by atoms with Crippen LogP contribution in [0.15, 0.2) is 41.0 Å². The highest BCUT2D eigenvalue weighted by Crippen LogP contribution is 2.22. The van der Waals surface area contributed by atoms with Crippen LogP contribution >= 0.6 is 0 Å². The van der Waals surface area contributed by atoms with Crippen LogP contribution < -0.4 is 10.1 Å². The van der Waals surface area contributed by atoms with Crippen LogP contribution in [0.2, 0.25) is 0 Å². The monoisotopic (exact) mass is 263 g/mol. The zero-order valence-electron chi connectivity index (χ0n) is 11.2. The van der Waals surface area contributed by atoms with E-state index in [2.05, 4.69) is 5.32 Å². The van der Waals surface area contributed by atoms with Gasteiger partial charge in [-0.15, -0.1) is 0 Å². The van der Waals surface area contributed by atoms with Crippen LogP contribution in [0.3, 0.4) is 0 Å². The van der Waals surface area contributed by atoms with Crippen LogP contribution in [0.1, 0.15) is 19.6 Å². The SMILES string of the molecule is CCOc1ccc(NC(C)Cc2ccco2)cc1F. The van der Waals surface area contributed by atoms with E-state index in [9.17, 15) is 4.39 Å². The zero-order valence-corrected chi connectivity index (χ0v) is 11.2. The van der Waals surface area contributed by atoms with Gasteiger partial charge in [0.25, 0.3) is 0 Å². The van der Waals surface area contributed by atoms with E-state index in [1.807, 2.05) is 32.0 Å². The number of benzene rings is 1. The van der Waals surface area contributed by atoms with Gasteiger partial charge in [-0.1, -0.05) is 0 Å². The third-order valence-electron chi connectivity index (χ3n) is 2.73. The molecule has 19 heavy (non-hydrogen) atoms. The Hall–Kier alpha value is -1.97. The van der Waals surface area contributed by atoms with Crippen molar-refractivity contribution in [1.82, 2.24) is 0 Å². The van der Waals surface area contributed by atoms with Crippen LogP contribution in [0.4, 0.5) is 10.1 Å². The highest BCUT2D eigenvalue weighted by atomic mass is 19.1. The smallest absolute Gasteiger partial charge is 0.167 e. The molecule has 1 aromatic heterocycles. The van der Waals surface area contributed by atoms with Crippen molar-refractivity contribution in [3.05, 3.63) is 48.2 Å². The molecule has 0 saturated carbocycles. The minimum atomic E-state index is -0.350. The summed E-state index contributed by atoms with van der Waals surface area (Å²) in [6, 6.07) is 8.84. The van der Waals surface area contributed by atoms with Crippen LogP contribution in [-0.2, 0) is 6.42 Å². The molecule has 0 saturated heterocycles. The molecule has 2 rings (SSSR count). The Morgan fingerprint density at radius 2 is 2.21 bits per heavy atom. The lowest BCUT2D eigenvalue weighted by Gasteiger charge is -2.15. The standard InChI is InChI=1S/C15H18FNO2/c1-3-18-15-7-6-12(10-14(15)16)17-11(2)9-13-5-4-8-19-13/h4-8,10-11,17H,3,9H2,1-2H3. The maximum atomic E-state index is 13.7. The van der Waals surface area contributed by atoms with Gasteiger partial charge in [0.2, 0.25) is 0 Å². The molecule has 1 aromatic carbocycles. The van der Waals surface area contributed by atoms with Crippen molar-refractivity contribution >= 4 is 5.69 Å². The normalized spacial score (nSPS) is 12.2. The van der Waals surface area contributed by atoms with Gasteiger partial charge in [0.05, 0.1) is 12.9 Å². The van der Waals surface area contributed by atoms with Gasteiger partial charge in [-0.25, -0.2) is 4.39 Å². The first-order chi connectivity index (χ1) is 9.19. The van der Waals surface area contributed by atoms with E-state index in [1.165, 1.54) is 6.07 Å². The van der Waals surface area contributed by atoms with E-state index in [1.54, 1.807) is 12.3 Å². The molecule has 0 aliphatic rings. The van der Waals surface area contributed by atoms with Gasteiger partial charge in [-0.05, 0) is 38.1 Å². The summed E-state index contributed by atoms with van der Waals surface area (Å²) in [5.74, 6) is 0.843. The van der Waals surface area contributed by atoms with E-state index in [-0.39, 0.29) is 17.6 Å². The highest BCUT2D eigenvalue weighted by molar-refractivity contribution is 5.48. The third-order valence-corrected chi connectivity index (χ3v) is 2.73. The van der Waals surface area contributed by atoms with Crippen molar-refractivity contribution in [3.8, 4) is 5.75 Å². The van der Waals surface area contributed by atoms with Crippen molar-refractivity contribution in [3.63, 3.8) is 0 Å². The second-order valence-electron chi connectivity index (χ2n) is 4.41. The molecule has 2 aromatic rings. The molecule has 1 atom stereocenters. The second kappa shape index (κ2) is 6.27. The number of hydrogen-bond acceptors (Lipinski definition) is 3. The van der Waals surface area contributed by atoms with Gasteiger partial charge in [0, 0.05) is 24.2 Å². The van der Waals surface area contributed by atoms with Gasteiger partial charge in [0.15, 0.2) is 11.6 Å². The van der Waals surface area contributed by atoms with Crippen molar-refractivity contribution in [2.24, 2.45) is 0 Å². The van der Waals surface area contributed by atoms with E-state index >= 15 is 0 Å². The fourth-order valence-corrected chi connectivity index (χ4v) is 1.93. The van der Waals surface area contributed by atoms with E-state index in [4.69, 9.17) is 9.15 Å². The van der Waals surface area contributed by atoms with Crippen LogP contribution in [0, 0.1) is 5.82 Å². The summed E-state index contributed by atoms with van der Waals surface area (Å²) >= 11 is 0. The predicted molar refractivity (Wildman–Crippen MR) is 73.1 cm³/mol. The molecule has 3 nitrogen and oxygen atoms in total. The summed E-state index contributed by atoms with van der Waals surface area (Å²) < 4.78 is 24.1. The van der Waals surface area contributed by atoms with Gasteiger partial charge in [-0.3, -0.25) is 0 Å². The number of nitrogens with one attached hydrogen (secondary N) is 1. The van der Waals surface area contributed by atoms with Crippen LogP contribution in [-0.4, -0.2) is 12.6 Å². The molecule has 102 valence electrons. The largest absolute Gasteiger partial charge is 0.491 e. The topological polar surface area (TPSA) is 34.4 Å². The molecule has 1 heterocycles. The number of furan rings is 1. The fraction of sp³-hybridized carbons (Fsp3) is 0.333. The molecule has 1 unspecified atom stereocenters. The van der Waals surface area contributed by atoms with Crippen LogP contribution in [0.5, 0.6) is 5.75 Å². The molecule has 0 amide bonds. The summed E-state index contributed by atoms with van der Waals surface area (Å²) in [6.07, 6.45) is 2.40. The molecule has 0 fully saturated rings. The van der Waals surface area contributed by atoms with Gasteiger partial charge >= 0.3 is 0 Å². The van der Waals surface area contributed by atoms with E-state index in [0.717, 1.165) is 17.9 Å². The molecule has 0 spiro atoms. The van der Waals surface area contributed by atoms with Gasteiger partial charge in [0.1, 0.15) is 5.76 Å². The summed E-state index contributed by atoms with van der Waals surface area (Å²) in [5.41, 5.74) is 0.736. The lowest BCUT2D eigenvalue weighted by molar-refractivity contribution is 0.321. The first-order valence-corrected chi connectivity index (χ1v) is 6.40. The Bertz CT molecular complexity index is 511. The number of anilines is 1. The molecule has 0 radical (unpaired) electrons. The second-order valence-corrected chi connectivity index (χ2v) is 4.41. The molecule has 0 aliphatic carbocycles. The lowest BCUT2D eigenvalue weighted by Crippen LogP contribution is -2.17. The van der Waals surface area contributed by atoms with E-state index in [0.29, 0.717) is 6.61 Å².